The van der Waals surface area contributed by atoms with Crippen LogP contribution in [-0.4, -0.2) is 79.6 Å². The first-order valence-corrected chi connectivity index (χ1v) is 13.1. The molecule has 2 saturated heterocycles. The summed E-state index contributed by atoms with van der Waals surface area (Å²) in [6.07, 6.45) is 1.50. The van der Waals surface area contributed by atoms with E-state index in [-0.39, 0.29) is 40.4 Å². The number of aromatic nitrogens is 1. The molecule has 5 rings (SSSR count). The number of fused-ring (bicyclic) bond motifs is 3. The molecule has 0 saturated carbocycles. The molecule has 2 unspecified atom stereocenters. The Kier molecular flexibility index (Phi) is 6.41. The van der Waals surface area contributed by atoms with Crippen molar-refractivity contribution in [2.45, 2.75) is 38.4 Å². The van der Waals surface area contributed by atoms with Gasteiger partial charge in [0.15, 0.2) is 17.1 Å². The van der Waals surface area contributed by atoms with Crippen molar-refractivity contribution >= 4 is 33.8 Å². The molecule has 2 amide bonds. The Hall–Kier alpha value is -3.87. The van der Waals surface area contributed by atoms with Gasteiger partial charge in [-0.1, -0.05) is 23.9 Å². The summed E-state index contributed by atoms with van der Waals surface area (Å²) in [5.74, 6) is -1.66. The van der Waals surface area contributed by atoms with Crippen molar-refractivity contribution in [2.75, 3.05) is 31.3 Å². The minimum absolute atomic E-state index is 0.0541. The van der Waals surface area contributed by atoms with Gasteiger partial charge in [-0.2, -0.15) is 0 Å². The van der Waals surface area contributed by atoms with E-state index in [4.69, 9.17) is 15.6 Å². The van der Waals surface area contributed by atoms with Gasteiger partial charge in [0, 0.05) is 32.1 Å². The van der Waals surface area contributed by atoms with Crippen LogP contribution in [0.15, 0.2) is 35.3 Å². The van der Waals surface area contributed by atoms with Crippen LogP contribution in [0.4, 0.5) is 9.18 Å². The number of likely N-dealkylation sites (tertiary alicyclic amines) is 1. The van der Waals surface area contributed by atoms with Crippen LogP contribution in [0.2, 0.25) is 0 Å². The number of piperidine rings is 1. The molecule has 1 aromatic heterocycles. The third-order valence-electron chi connectivity index (χ3n) is 7.20. The van der Waals surface area contributed by atoms with Gasteiger partial charge >= 0.3 is 6.09 Å². The zero-order valence-electron chi connectivity index (χ0n) is 20.9. The lowest BCUT2D eigenvalue weighted by molar-refractivity contribution is 0.0498. The van der Waals surface area contributed by atoms with Gasteiger partial charge in [0.1, 0.15) is 16.9 Å². The Morgan fingerprint density at radius 2 is 1.95 bits per heavy atom. The van der Waals surface area contributed by atoms with Crippen LogP contribution >= 0.6 is 11.8 Å². The first-order valence-electron chi connectivity index (χ1n) is 12.2. The van der Waals surface area contributed by atoms with Crippen LogP contribution in [0.1, 0.15) is 41.9 Å². The fourth-order valence-corrected chi connectivity index (χ4v) is 6.21. The van der Waals surface area contributed by atoms with Crippen LogP contribution in [0, 0.1) is 16.6 Å². The molecule has 0 aliphatic carbocycles. The van der Waals surface area contributed by atoms with E-state index in [2.05, 4.69) is 0 Å². The van der Waals surface area contributed by atoms with Crippen LogP contribution in [0.3, 0.4) is 0 Å². The summed E-state index contributed by atoms with van der Waals surface area (Å²) in [6.45, 7) is 4.79. The number of benzene rings is 1. The van der Waals surface area contributed by atoms with Crippen molar-refractivity contribution in [1.29, 1.82) is 10.8 Å². The highest BCUT2D eigenvalue weighted by molar-refractivity contribution is 8.26. The molecule has 1 spiro atoms. The molecule has 4 heterocycles. The van der Waals surface area contributed by atoms with E-state index in [1.807, 2.05) is 11.9 Å². The molecule has 2 atom stereocenters. The average Bonchev–Trinajstić information content (AvgIpc) is 3.56. The Morgan fingerprint density at radius 1 is 1.24 bits per heavy atom. The third-order valence-corrected chi connectivity index (χ3v) is 8.02. The number of thioether (sulfide) groups is 1. The second-order valence-electron chi connectivity index (χ2n) is 9.25. The van der Waals surface area contributed by atoms with Crippen molar-refractivity contribution in [3.8, 4) is 5.75 Å². The van der Waals surface area contributed by atoms with Crippen molar-refractivity contribution in [3.63, 3.8) is 0 Å². The first-order chi connectivity index (χ1) is 18.1. The highest BCUT2D eigenvalue weighted by Gasteiger charge is 2.73. The van der Waals surface area contributed by atoms with Gasteiger partial charge in [0.25, 0.3) is 5.91 Å². The second-order valence-corrected chi connectivity index (χ2v) is 10.4. The van der Waals surface area contributed by atoms with Crippen molar-refractivity contribution < 1.29 is 23.8 Å². The predicted molar refractivity (Wildman–Crippen MR) is 139 cm³/mol. The quantitative estimate of drug-likeness (QED) is 0.299. The molecule has 3 N–H and O–H groups in total. The van der Waals surface area contributed by atoms with Crippen molar-refractivity contribution in [2.24, 2.45) is 0 Å². The number of pyridine rings is 1. The summed E-state index contributed by atoms with van der Waals surface area (Å²) >= 11 is 0.745. The van der Waals surface area contributed by atoms with E-state index >= 15 is 0 Å². The van der Waals surface area contributed by atoms with Gasteiger partial charge in [-0.05, 0) is 31.5 Å². The van der Waals surface area contributed by atoms with E-state index < -0.39 is 34.7 Å². The number of carbonyl (C=O) groups excluding carboxylic acids is 2. The molecule has 11 nitrogen and oxygen atoms in total. The summed E-state index contributed by atoms with van der Waals surface area (Å²) in [5, 5.41) is 29.3. The standard InChI is InChI=1S/C25H27FN6O5S/c1-3-30-23(35)19-21(34)20(33)16(22(28)38-18(27)11-14-5-7-15(26)8-6-14)12-31(19)32-17-13-29(24(36)37-4-2)10-9-25(17,30)32/h5-8,12,17,27-28,34H,3-4,9-11,13H2,1-2H3. The number of nitrogens with zero attached hydrogens (tertiary/aromatic N) is 4. The summed E-state index contributed by atoms with van der Waals surface area (Å²) in [6, 6.07) is 5.36. The molecular formula is C25H27FN6O5S. The summed E-state index contributed by atoms with van der Waals surface area (Å²) in [7, 11) is 0. The van der Waals surface area contributed by atoms with Gasteiger partial charge in [-0.25, -0.2) is 9.18 Å². The monoisotopic (exact) mass is 542 g/mol. The lowest BCUT2D eigenvalue weighted by atomic mass is 10.0. The Labute approximate surface area is 221 Å². The average molecular weight is 543 g/mol. The minimum Gasteiger partial charge on any atom is -0.502 e. The maximum atomic E-state index is 13.5. The molecule has 2 fully saturated rings. The third kappa shape index (κ3) is 3.92. The highest BCUT2D eigenvalue weighted by Crippen LogP contribution is 2.52. The highest BCUT2D eigenvalue weighted by atomic mass is 32.2. The topological polar surface area (TPSA) is 143 Å². The molecule has 38 heavy (non-hydrogen) atoms. The van der Waals surface area contributed by atoms with E-state index in [1.165, 1.54) is 23.0 Å². The number of nitrogens with one attached hydrogen (secondary N) is 2. The fourth-order valence-electron chi connectivity index (χ4n) is 5.47. The number of carbonyl (C=O) groups is 2. The number of aromatic hydroxyl groups is 1. The Morgan fingerprint density at radius 3 is 2.61 bits per heavy atom. The number of hydrogen-bond acceptors (Lipinski definition) is 9. The molecule has 3 aliphatic heterocycles. The second kappa shape index (κ2) is 9.46. The predicted octanol–water partition coefficient (Wildman–Crippen LogP) is 2.33. The van der Waals surface area contributed by atoms with E-state index in [9.17, 15) is 23.9 Å². The zero-order valence-corrected chi connectivity index (χ0v) is 21.7. The van der Waals surface area contributed by atoms with E-state index in [0.29, 0.717) is 31.6 Å². The Bertz CT molecular complexity index is 1410. The van der Waals surface area contributed by atoms with Crippen LogP contribution in [0.25, 0.3) is 0 Å². The summed E-state index contributed by atoms with van der Waals surface area (Å²) in [5.41, 5.74) is -1.26. The zero-order chi connectivity index (χ0) is 27.4. The number of amides is 2. The molecule has 0 bridgehead atoms. The number of rotatable bonds is 5. The lowest BCUT2D eigenvalue weighted by Gasteiger charge is -2.39. The number of ether oxygens (including phenoxy) is 1. The number of likely N-dealkylation sites (N-methyl/N-ethyl adjacent to an activating group) is 1. The van der Waals surface area contributed by atoms with E-state index in [0.717, 1.165) is 11.8 Å². The van der Waals surface area contributed by atoms with Crippen molar-refractivity contribution in [3.05, 3.63) is 63.3 Å². The van der Waals surface area contributed by atoms with Crippen LogP contribution in [0.5, 0.6) is 5.75 Å². The van der Waals surface area contributed by atoms with Crippen molar-refractivity contribution in [1.82, 2.24) is 14.5 Å². The molecule has 1 aromatic carbocycles. The number of halogens is 1. The Balaban J connectivity index is 1.45. The van der Waals surface area contributed by atoms with Gasteiger partial charge < -0.3 is 19.6 Å². The fraction of sp³-hybridized carbons (Fsp3) is 0.400. The van der Waals surface area contributed by atoms with Gasteiger partial charge in [-0.3, -0.25) is 30.1 Å². The van der Waals surface area contributed by atoms with Gasteiger partial charge in [-0.15, -0.1) is 0 Å². The molecule has 2 aromatic rings. The maximum Gasteiger partial charge on any atom is 0.409 e. The normalized spacial score (nSPS) is 21.4. The summed E-state index contributed by atoms with van der Waals surface area (Å²) < 4.78 is 19.8. The minimum atomic E-state index is -0.873. The van der Waals surface area contributed by atoms with Crippen LogP contribution < -0.4 is 10.4 Å². The summed E-state index contributed by atoms with van der Waals surface area (Å²) in [4.78, 5) is 42.1. The smallest absolute Gasteiger partial charge is 0.409 e. The first kappa shape index (κ1) is 25.8. The lowest BCUT2D eigenvalue weighted by Crippen LogP contribution is -2.56. The van der Waals surface area contributed by atoms with E-state index in [1.54, 1.807) is 28.9 Å². The molecule has 3 aliphatic rings. The molecule has 13 heteroatoms. The van der Waals surface area contributed by atoms with Crippen LogP contribution in [-0.2, 0) is 11.2 Å². The molecular weight excluding hydrogens is 515 g/mol. The largest absolute Gasteiger partial charge is 0.502 e. The number of hydrogen-bond donors (Lipinski definition) is 3. The molecule has 0 radical (unpaired) electrons. The molecule has 200 valence electrons. The maximum absolute atomic E-state index is 13.5. The SMILES string of the molecule is CCOC(=O)N1CCC23C(C1)N2n1cc(C(=N)SC(=N)Cc2ccc(F)cc2)c(=O)c(O)c1C(=O)N3CC. The van der Waals surface area contributed by atoms with Gasteiger partial charge in [0.05, 0.1) is 23.8 Å². The van der Waals surface area contributed by atoms with Gasteiger partial charge in [0.2, 0.25) is 5.43 Å².